The smallest absolute Gasteiger partial charge is 0.244 e. The monoisotopic (exact) mass is 304 g/mol. The van der Waals surface area contributed by atoms with Gasteiger partial charge in [-0.3, -0.25) is 0 Å². The first-order valence-electron chi connectivity index (χ1n) is 6.66. The summed E-state index contributed by atoms with van der Waals surface area (Å²) in [6.45, 7) is 2.19. The summed E-state index contributed by atoms with van der Waals surface area (Å²) in [7, 11) is -1.72. The quantitative estimate of drug-likeness (QED) is 0.870. The Hall–Kier alpha value is -0.520. The van der Waals surface area contributed by atoms with Gasteiger partial charge in [0.15, 0.2) is 0 Å². The number of hydrogen-bond acceptors (Lipinski definition) is 2. The number of aromatic amines is 1. The maximum Gasteiger partial charge on any atom is 0.244 e. The Morgan fingerprint density at radius 2 is 2.21 bits per heavy atom. The average molecular weight is 305 g/mol. The van der Waals surface area contributed by atoms with E-state index in [0.29, 0.717) is 16.7 Å². The van der Waals surface area contributed by atoms with Gasteiger partial charge in [-0.25, -0.2) is 8.42 Å². The average Bonchev–Trinajstić information content (AvgIpc) is 2.87. The number of alkyl halides is 1. The molecule has 1 saturated carbocycles. The lowest BCUT2D eigenvalue weighted by Gasteiger charge is -2.33. The second kappa shape index (κ2) is 5.85. The van der Waals surface area contributed by atoms with E-state index in [1.54, 1.807) is 13.1 Å². The van der Waals surface area contributed by atoms with Crippen LogP contribution in [0.2, 0.25) is 0 Å². The van der Waals surface area contributed by atoms with Gasteiger partial charge in [-0.05, 0) is 24.8 Å². The van der Waals surface area contributed by atoms with Crippen LogP contribution >= 0.6 is 11.6 Å². The molecule has 6 heteroatoms. The fourth-order valence-corrected chi connectivity index (χ4v) is 4.31. The number of sulfonamides is 1. The van der Waals surface area contributed by atoms with Crippen LogP contribution in [0.4, 0.5) is 0 Å². The Labute approximate surface area is 120 Å². The van der Waals surface area contributed by atoms with Crippen LogP contribution in [-0.4, -0.2) is 30.8 Å². The largest absolute Gasteiger partial charge is 0.363 e. The predicted octanol–water partition coefficient (Wildman–Crippen LogP) is 2.95. The molecular weight excluding hydrogens is 284 g/mol. The van der Waals surface area contributed by atoms with Gasteiger partial charge in [0.05, 0.1) is 10.8 Å². The normalized spacial score (nSPS) is 24.8. The molecule has 0 amide bonds. The molecule has 0 aliphatic heterocycles. The highest BCUT2D eigenvalue weighted by Gasteiger charge is 2.31. The molecule has 1 aromatic rings. The van der Waals surface area contributed by atoms with E-state index >= 15 is 0 Å². The Kier molecular flexibility index (Phi) is 4.58. The van der Waals surface area contributed by atoms with Crippen molar-refractivity contribution in [1.82, 2.24) is 9.29 Å². The van der Waals surface area contributed by atoms with Crippen LogP contribution in [0.1, 0.15) is 38.3 Å². The van der Waals surface area contributed by atoms with Gasteiger partial charge in [0.1, 0.15) is 0 Å². The molecule has 0 bridgehead atoms. The summed E-state index contributed by atoms with van der Waals surface area (Å²) >= 11 is 5.70. The van der Waals surface area contributed by atoms with E-state index in [0.717, 1.165) is 25.0 Å². The van der Waals surface area contributed by atoms with E-state index in [9.17, 15) is 8.42 Å². The van der Waals surface area contributed by atoms with Crippen LogP contribution in [0.5, 0.6) is 0 Å². The third-order valence-electron chi connectivity index (χ3n) is 3.96. The summed E-state index contributed by atoms with van der Waals surface area (Å²) in [5.41, 5.74) is 0.727. The second-order valence-electron chi connectivity index (χ2n) is 5.44. The maximum atomic E-state index is 12.5. The Morgan fingerprint density at radius 3 is 2.79 bits per heavy atom. The molecule has 4 nitrogen and oxygen atoms in total. The van der Waals surface area contributed by atoms with Crippen molar-refractivity contribution in [2.45, 2.75) is 49.4 Å². The van der Waals surface area contributed by atoms with E-state index < -0.39 is 10.0 Å². The summed E-state index contributed by atoms with van der Waals surface area (Å²) in [5.74, 6) is 0.890. The van der Waals surface area contributed by atoms with Gasteiger partial charge >= 0.3 is 0 Å². The van der Waals surface area contributed by atoms with E-state index in [1.807, 2.05) is 0 Å². The van der Waals surface area contributed by atoms with Crippen molar-refractivity contribution in [2.24, 2.45) is 5.92 Å². The summed E-state index contributed by atoms with van der Waals surface area (Å²) in [5, 5.41) is 0. The molecule has 0 saturated heterocycles. The molecule has 1 fully saturated rings. The van der Waals surface area contributed by atoms with Gasteiger partial charge in [0, 0.05) is 25.0 Å². The molecule has 2 unspecified atom stereocenters. The predicted molar refractivity (Wildman–Crippen MR) is 76.7 cm³/mol. The summed E-state index contributed by atoms with van der Waals surface area (Å²) < 4.78 is 26.6. The van der Waals surface area contributed by atoms with Crippen LogP contribution in [0.3, 0.4) is 0 Å². The fourth-order valence-electron chi connectivity index (χ4n) is 2.74. The highest BCUT2D eigenvalue weighted by molar-refractivity contribution is 7.89. The van der Waals surface area contributed by atoms with Crippen molar-refractivity contribution in [3.05, 3.63) is 18.0 Å². The molecule has 1 aliphatic rings. The van der Waals surface area contributed by atoms with Crippen molar-refractivity contribution in [3.8, 4) is 0 Å². The first-order valence-corrected chi connectivity index (χ1v) is 8.64. The molecule has 2 rings (SSSR count). The number of nitrogens with one attached hydrogen (secondary N) is 1. The number of aromatic nitrogens is 1. The van der Waals surface area contributed by atoms with Gasteiger partial charge in [-0.15, -0.1) is 11.6 Å². The van der Waals surface area contributed by atoms with Crippen LogP contribution in [0.15, 0.2) is 17.2 Å². The Bertz CT molecular complexity index is 527. The molecule has 1 N–H and O–H groups in total. The number of halogens is 1. The van der Waals surface area contributed by atoms with Crippen molar-refractivity contribution < 1.29 is 8.42 Å². The molecule has 1 heterocycles. The Morgan fingerprint density at radius 1 is 1.47 bits per heavy atom. The SMILES string of the molecule is CC1CCCC(N(C)S(=O)(=O)c2c[nH]c(CCl)c2)C1. The zero-order valence-corrected chi connectivity index (χ0v) is 13.0. The third-order valence-corrected chi connectivity index (χ3v) is 6.14. The zero-order valence-electron chi connectivity index (χ0n) is 11.4. The van der Waals surface area contributed by atoms with Gasteiger partial charge in [0.25, 0.3) is 0 Å². The maximum absolute atomic E-state index is 12.5. The van der Waals surface area contributed by atoms with E-state index in [1.165, 1.54) is 16.9 Å². The van der Waals surface area contributed by atoms with Crippen molar-refractivity contribution in [2.75, 3.05) is 7.05 Å². The van der Waals surface area contributed by atoms with Gasteiger partial charge in [0.2, 0.25) is 10.0 Å². The molecule has 19 heavy (non-hydrogen) atoms. The van der Waals surface area contributed by atoms with Crippen LogP contribution in [0, 0.1) is 5.92 Å². The molecule has 108 valence electrons. The molecule has 1 aliphatic carbocycles. The van der Waals surface area contributed by atoms with Crippen LogP contribution in [-0.2, 0) is 15.9 Å². The van der Waals surface area contributed by atoms with Gasteiger partial charge < -0.3 is 4.98 Å². The van der Waals surface area contributed by atoms with Gasteiger partial charge in [-0.1, -0.05) is 19.8 Å². The second-order valence-corrected chi connectivity index (χ2v) is 7.71. The summed E-state index contributed by atoms with van der Waals surface area (Å²) in [4.78, 5) is 3.20. The number of hydrogen-bond donors (Lipinski definition) is 1. The van der Waals surface area contributed by atoms with Crippen molar-refractivity contribution >= 4 is 21.6 Å². The molecule has 0 radical (unpaired) electrons. The number of rotatable bonds is 4. The molecule has 1 aromatic heterocycles. The minimum atomic E-state index is -3.41. The van der Waals surface area contributed by atoms with E-state index in [-0.39, 0.29) is 6.04 Å². The van der Waals surface area contributed by atoms with Crippen molar-refractivity contribution in [3.63, 3.8) is 0 Å². The third kappa shape index (κ3) is 3.15. The summed E-state index contributed by atoms with van der Waals surface area (Å²) in [6, 6.07) is 1.73. The number of nitrogens with zero attached hydrogens (tertiary/aromatic N) is 1. The molecule has 0 spiro atoms. The first-order chi connectivity index (χ1) is 8.95. The zero-order chi connectivity index (χ0) is 14.0. The highest BCUT2D eigenvalue weighted by atomic mass is 35.5. The topological polar surface area (TPSA) is 53.2 Å². The summed E-state index contributed by atoms with van der Waals surface area (Å²) in [6.07, 6.45) is 5.72. The van der Waals surface area contributed by atoms with E-state index in [2.05, 4.69) is 11.9 Å². The lowest BCUT2D eigenvalue weighted by molar-refractivity contribution is 0.239. The van der Waals surface area contributed by atoms with Crippen LogP contribution < -0.4 is 0 Å². The van der Waals surface area contributed by atoms with Crippen LogP contribution in [0.25, 0.3) is 0 Å². The fraction of sp³-hybridized carbons (Fsp3) is 0.692. The molecular formula is C13H21ClN2O2S. The standard InChI is InChI=1S/C13H21ClN2O2S/c1-10-4-3-5-12(6-10)16(2)19(17,18)13-7-11(8-14)15-9-13/h7,9-10,12,15H,3-6,8H2,1-2H3. The number of H-pyrrole nitrogens is 1. The van der Waals surface area contributed by atoms with Crippen molar-refractivity contribution in [1.29, 1.82) is 0 Å². The lowest BCUT2D eigenvalue weighted by Crippen LogP contribution is -2.39. The molecule has 2 atom stereocenters. The first kappa shape index (κ1) is 14.9. The minimum absolute atomic E-state index is 0.114. The Balaban J connectivity index is 2.18. The van der Waals surface area contributed by atoms with E-state index in [4.69, 9.17) is 11.6 Å². The minimum Gasteiger partial charge on any atom is -0.363 e. The lowest BCUT2D eigenvalue weighted by atomic mass is 9.87. The highest BCUT2D eigenvalue weighted by Crippen LogP contribution is 2.30. The van der Waals surface area contributed by atoms with Gasteiger partial charge in [-0.2, -0.15) is 4.31 Å². The molecule has 0 aromatic carbocycles.